The van der Waals surface area contributed by atoms with Crippen molar-refractivity contribution >= 4 is 5.91 Å². The van der Waals surface area contributed by atoms with E-state index in [9.17, 15) is 4.79 Å². The summed E-state index contributed by atoms with van der Waals surface area (Å²) in [5, 5.41) is 12.0. The third-order valence-electron chi connectivity index (χ3n) is 4.12. The van der Waals surface area contributed by atoms with E-state index in [1.807, 2.05) is 25.1 Å². The van der Waals surface area contributed by atoms with Crippen LogP contribution in [0.2, 0.25) is 0 Å². The second-order valence-corrected chi connectivity index (χ2v) is 6.67. The molecule has 1 unspecified atom stereocenters. The molecule has 0 saturated heterocycles. The molecule has 2 rings (SSSR count). The maximum absolute atomic E-state index is 12.4. The van der Waals surface area contributed by atoms with Crippen LogP contribution in [-0.2, 0) is 12.5 Å². The van der Waals surface area contributed by atoms with E-state index in [0.29, 0.717) is 11.3 Å². The molecule has 0 spiro atoms. The Morgan fingerprint density at radius 1 is 1.35 bits per heavy atom. The van der Waals surface area contributed by atoms with Crippen LogP contribution in [0.1, 0.15) is 48.8 Å². The Morgan fingerprint density at radius 2 is 2.00 bits per heavy atom. The summed E-state index contributed by atoms with van der Waals surface area (Å²) >= 11 is 0. The van der Waals surface area contributed by atoms with E-state index in [1.165, 1.54) is 5.56 Å². The van der Waals surface area contributed by atoms with Gasteiger partial charge in [-0.15, -0.1) is 0 Å². The molecule has 0 aliphatic carbocycles. The van der Waals surface area contributed by atoms with Crippen LogP contribution in [-0.4, -0.2) is 16.5 Å². The van der Waals surface area contributed by atoms with Crippen molar-refractivity contribution in [2.24, 2.45) is 7.05 Å². The minimum atomic E-state index is -0.148. The van der Waals surface area contributed by atoms with E-state index in [4.69, 9.17) is 5.26 Å². The average Bonchev–Trinajstić information content (AvgIpc) is 2.88. The highest BCUT2D eigenvalue weighted by Gasteiger charge is 2.24. The molecule has 0 aliphatic rings. The molecule has 1 aromatic heterocycles. The topological polar surface area (TPSA) is 57.8 Å². The minimum absolute atomic E-state index is 0.0261. The van der Waals surface area contributed by atoms with Crippen molar-refractivity contribution in [3.05, 3.63) is 59.4 Å². The van der Waals surface area contributed by atoms with Crippen LogP contribution in [0.25, 0.3) is 0 Å². The van der Waals surface area contributed by atoms with Gasteiger partial charge in [0.1, 0.15) is 11.8 Å². The molecule has 1 atom stereocenters. The largest absolute Gasteiger partial charge is 0.348 e. The number of benzene rings is 1. The second kappa shape index (κ2) is 6.70. The van der Waals surface area contributed by atoms with E-state index in [1.54, 1.807) is 23.9 Å². The number of hydrogen-bond acceptors (Lipinski definition) is 2. The van der Waals surface area contributed by atoms with Crippen LogP contribution < -0.4 is 5.32 Å². The van der Waals surface area contributed by atoms with Gasteiger partial charge in [-0.3, -0.25) is 4.79 Å². The number of aryl methyl sites for hydroxylation is 1. The zero-order valence-electron chi connectivity index (χ0n) is 14.1. The molecule has 120 valence electrons. The van der Waals surface area contributed by atoms with Gasteiger partial charge in [-0.05, 0) is 30.4 Å². The summed E-state index contributed by atoms with van der Waals surface area (Å²) in [6, 6.07) is 14.0. The lowest BCUT2D eigenvalue weighted by atomic mass is 9.79. The first-order valence-electron chi connectivity index (χ1n) is 7.76. The Morgan fingerprint density at radius 3 is 2.57 bits per heavy atom. The van der Waals surface area contributed by atoms with Crippen molar-refractivity contribution in [3.63, 3.8) is 0 Å². The monoisotopic (exact) mass is 309 g/mol. The number of carbonyl (C=O) groups excluding carboxylic acids is 1. The van der Waals surface area contributed by atoms with Gasteiger partial charge in [0.25, 0.3) is 5.91 Å². The summed E-state index contributed by atoms with van der Waals surface area (Å²) in [7, 11) is 1.77. The zero-order valence-corrected chi connectivity index (χ0v) is 14.1. The van der Waals surface area contributed by atoms with E-state index in [-0.39, 0.29) is 17.4 Å². The third-order valence-corrected chi connectivity index (χ3v) is 4.12. The molecule has 1 heterocycles. The number of rotatable bonds is 5. The van der Waals surface area contributed by atoms with Crippen molar-refractivity contribution < 1.29 is 4.79 Å². The summed E-state index contributed by atoms with van der Waals surface area (Å²) < 4.78 is 1.68. The van der Waals surface area contributed by atoms with Crippen LogP contribution in [0.3, 0.4) is 0 Å². The molecule has 2 aromatic rings. The fraction of sp³-hybridized carbons (Fsp3) is 0.368. The van der Waals surface area contributed by atoms with E-state index in [2.05, 4.69) is 37.4 Å². The smallest absolute Gasteiger partial charge is 0.268 e. The molecule has 1 aromatic carbocycles. The van der Waals surface area contributed by atoms with Crippen LogP contribution in [0.4, 0.5) is 0 Å². The molecular weight excluding hydrogens is 286 g/mol. The van der Waals surface area contributed by atoms with E-state index < -0.39 is 0 Å². The van der Waals surface area contributed by atoms with Gasteiger partial charge in [-0.1, -0.05) is 44.2 Å². The third kappa shape index (κ3) is 4.01. The van der Waals surface area contributed by atoms with Crippen molar-refractivity contribution in [2.45, 2.75) is 38.6 Å². The molecule has 1 amide bonds. The van der Waals surface area contributed by atoms with Crippen LogP contribution >= 0.6 is 0 Å². The molecule has 0 aliphatic heterocycles. The maximum atomic E-state index is 12.4. The van der Waals surface area contributed by atoms with Gasteiger partial charge < -0.3 is 9.88 Å². The first-order chi connectivity index (χ1) is 10.8. The molecule has 23 heavy (non-hydrogen) atoms. The molecule has 4 heteroatoms. The number of nitrogens with zero attached hydrogens (tertiary/aromatic N) is 2. The normalized spacial score (nSPS) is 12.5. The Kier molecular flexibility index (Phi) is 4.90. The standard InChI is InChI=1S/C19H23N3O/c1-14(11-19(2,3)16-8-6-5-7-9-16)21-18(23)17-10-15(12-20)13-22(17)4/h5-10,13-14H,11H2,1-4H3,(H,21,23). The molecule has 1 N–H and O–H groups in total. The number of carbonyl (C=O) groups is 1. The number of hydrogen-bond donors (Lipinski definition) is 1. The van der Waals surface area contributed by atoms with Gasteiger partial charge in [-0.25, -0.2) is 0 Å². The van der Waals surface area contributed by atoms with E-state index in [0.717, 1.165) is 6.42 Å². The lowest BCUT2D eigenvalue weighted by molar-refractivity contribution is 0.0926. The summed E-state index contributed by atoms with van der Waals surface area (Å²) in [4.78, 5) is 12.4. The average molecular weight is 309 g/mol. The molecule has 0 bridgehead atoms. The highest BCUT2D eigenvalue weighted by atomic mass is 16.2. The zero-order chi connectivity index (χ0) is 17.0. The Balaban J connectivity index is 2.04. The summed E-state index contributed by atoms with van der Waals surface area (Å²) in [6.07, 6.45) is 2.49. The van der Waals surface area contributed by atoms with Gasteiger partial charge in [0, 0.05) is 19.3 Å². The Labute approximate surface area is 137 Å². The second-order valence-electron chi connectivity index (χ2n) is 6.67. The molecule has 0 saturated carbocycles. The van der Waals surface area contributed by atoms with Gasteiger partial charge in [0.15, 0.2) is 0 Å². The number of aromatic nitrogens is 1. The fourth-order valence-electron chi connectivity index (χ4n) is 2.97. The SMILES string of the molecule is CC(CC(C)(C)c1ccccc1)NC(=O)c1cc(C#N)cn1C. The van der Waals surface area contributed by atoms with E-state index >= 15 is 0 Å². The predicted molar refractivity (Wildman–Crippen MR) is 91.1 cm³/mol. The maximum Gasteiger partial charge on any atom is 0.268 e. The van der Waals surface area contributed by atoms with Crippen molar-refractivity contribution in [1.29, 1.82) is 5.26 Å². The number of nitriles is 1. The lowest BCUT2D eigenvalue weighted by Crippen LogP contribution is -2.37. The Bertz CT molecular complexity index is 723. The number of nitrogens with one attached hydrogen (secondary N) is 1. The molecule has 0 fully saturated rings. The highest BCUT2D eigenvalue weighted by Crippen LogP contribution is 2.28. The first-order valence-corrected chi connectivity index (χ1v) is 7.76. The van der Waals surface area contributed by atoms with Gasteiger partial charge in [0.2, 0.25) is 0 Å². The first kappa shape index (κ1) is 16.8. The fourth-order valence-corrected chi connectivity index (χ4v) is 2.97. The minimum Gasteiger partial charge on any atom is -0.348 e. The van der Waals surface area contributed by atoms with Gasteiger partial charge >= 0.3 is 0 Å². The highest BCUT2D eigenvalue weighted by molar-refractivity contribution is 5.93. The lowest BCUT2D eigenvalue weighted by Gasteiger charge is -2.29. The molecule has 4 nitrogen and oxygen atoms in total. The summed E-state index contributed by atoms with van der Waals surface area (Å²) in [5.41, 5.74) is 2.23. The van der Waals surface area contributed by atoms with Crippen molar-refractivity contribution in [2.75, 3.05) is 0 Å². The quantitative estimate of drug-likeness (QED) is 0.920. The Hall–Kier alpha value is -2.54. The summed E-state index contributed by atoms with van der Waals surface area (Å²) in [5.74, 6) is -0.148. The molecule has 0 radical (unpaired) electrons. The summed E-state index contributed by atoms with van der Waals surface area (Å²) in [6.45, 7) is 6.37. The van der Waals surface area contributed by atoms with Crippen LogP contribution in [0.15, 0.2) is 42.6 Å². The predicted octanol–water partition coefficient (Wildman–Crippen LogP) is 3.38. The van der Waals surface area contributed by atoms with Crippen molar-refractivity contribution in [1.82, 2.24) is 9.88 Å². The number of amides is 1. The van der Waals surface area contributed by atoms with Gasteiger partial charge in [0.05, 0.1) is 5.56 Å². The van der Waals surface area contributed by atoms with Crippen molar-refractivity contribution in [3.8, 4) is 6.07 Å². The van der Waals surface area contributed by atoms with Crippen LogP contribution in [0.5, 0.6) is 0 Å². The van der Waals surface area contributed by atoms with Crippen LogP contribution in [0, 0.1) is 11.3 Å². The molecular formula is C19H23N3O. The van der Waals surface area contributed by atoms with Gasteiger partial charge in [-0.2, -0.15) is 5.26 Å².